The Hall–Kier alpha value is -1.35. The number of aryl methyl sites for hydroxylation is 2. The van der Waals surface area contributed by atoms with Crippen LogP contribution in [-0.4, -0.2) is 34.6 Å². The third-order valence-electron chi connectivity index (χ3n) is 4.55. The van der Waals surface area contributed by atoms with Crippen LogP contribution in [0, 0.1) is 19.8 Å². The Balaban J connectivity index is 1.58. The van der Waals surface area contributed by atoms with Crippen LogP contribution in [0.25, 0.3) is 0 Å². The zero-order valence-electron chi connectivity index (χ0n) is 11.6. The maximum Gasteiger partial charge on any atom is 0.227 e. The van der Waals surface area contributed by atoms with Gasteiger partial charge in [-0.15, -0.1) is 0 Å². The molecule has 0 atom stereocenters. The SMILES string of the molecule is Cc1ccc(CC(=O)N2CC(O)(C3CC3)C2)cc1C. The first-order valence-electron chi connectivity index (χ1n) is 7.04. The van der Waals surface area contributed by atoms with Crippen molar-refractivity contribution in [3.05, 3.63) is 34.9 Å². The molecule has 102 valence electrons. The highest BCUT2D eigenvalue weighted by Crippen LogP contribution is 2.44. The van der Waals surface area contributed by atoms with E-state index in [1.54, 1.807) is 4.90 Å². The van der Waals surface area contributed by atoms with E-state index in [4.69, 9.17) is 0 Å². The maximum absolute atomic E-state index is 12.1. The largest absolute Gasteiger partial charge is 0.386 e. The predicted molar refractivity (Wildman–Crippen MR) is 73.9 cm³/mol. The number of hydrogen-bond donors (Lipinski definition) is 1. The Morgan fingerprint density at radius 2 is 2.00 bits per heavy atom. The minimum absolute atomic E-state index is 0.133. The van der Waals surface area contributed by atoms with Gasteiger partial charge in [-0.25, -0.2) is 0 Å². The summed E-state index contributed by atoms with van der Waals surface area (Å²) in [5.41, 5.74) is 2.97. The number of benzene rings is 1. The van der Waals surface area contributed by atoms with Crippen LogP contribution in [0.1, 0.15) is 29.5 Å². The summed E-state index contributed by atoms with van der Waals surface area (Å²) < 4.78 is 0. The lowest BCUT2D eigenvalue weighted by Crippen LogP contribution is -2.65. The molecule has 19 heavy (non-hydrogen) atoms. The summed E-state index contributed by atoms with van der Waals surface area (Å²) in [7, 11) is 0. The van der Waals surface area contributed by atoms with Crippen molar-refractivity contribution in [1.29, 1.82) is 0 Å². The van der Waals surface area contributed by atoms with E-state index in [0.717, 1.165) is 18.4 Å². The van der Waals surface area contributed by atoms with Gasteiger partial charge in [-0.05, 0) is 49.3 Å². The predicted octanol–water partition coefficient (Wildman–Crippen LogP) is 1.83. The van der Waals surface area contributed by atoms with Crippen molar-refractivity contribution < 1.29 is 9.90 Å². The standard InChI is InChI=1S/C16H21NO2/c1-11-3-4-13(7-12(11)2)8-15(18)17-9-16(19,10-17)14-5-6-14/h3-4,7,14,19H,5-6,8-10H2,1-2H3. The fraction of sp³-hybridized carbons (Fsp3) is 0.562. The number of β-amino-alcohol motifs (C(OH)–C–C–N with tert-alkyl or cyclic N) is 1. The van der Waals surface area contributed by atoms with Gasteiger partial charge >= 0.3 is 0 Å². The number of aliphatic hydroxyl groups is 1. The molecule has 1 saturated heterocycles. The fourth-order valence-electron chi connectivity index (χ4n) is 2.87. The van der Waals surface area contributed by atoms with Crippen LogP contribution in [-0.2, 0) is 11.2 Å². The Morgan fingerprint density at radius 3 is 2.58 bits per heavy atom. The molecule has 0 bridgehead atoms. The van der Waals surface area contributed by atoms with E-state index in [2.05, 4.69) is 26.0 Å². The Labute approximate surface area is 114 Å². The molecule has 1 N–H and O–H groups in total. The molecule has 3 nitrogen and oxygen atoms in total. The topological polar surface area (TPSA) is 40.5 Å². The van der Waals surface area contributed by atoms with Gasteiger partial charge in [-0.2, -0.15) is 0 Å². The highest BCUT2D eigenvalue weighted by molar-refractivity contribution is 5.80. The van der Waals surface area contributed by atoms with Crippen molar-refractivity contribution >= 4 is 5.91 Å². The van der Waals surface area contributed by atoms with Gasteiger partial charge in [0.2, 0.25) is 5.91 Å². The van der Waals surface area contributed by atoms with Gasteiger partial charge in [0.15, 0.2) is 0 Å². The first-order valence-corrected chi connectivity index (χ1v) is 7.04. The summed E-state index contributed by atoms with van der Waals surface area (Å²) in [5.74, 6) is 0.576. The molecule has 1 aliphatic carbocycles. The second kappa shape index (κ2) is 4.34. The average Bonchev–Trinajstić information content (AvgIpc) is 3.14. The summed E-state index contributed by atoms with van der Waals surface area (Å²) in [6.45, 7) is 5.20. The number of nitrogens with zero attached hydrogens (tertiary/aromatic N) is 1. The van der Waals surface area contributed by atoms with Crippen LogP contribution < -0.4 is 0 Å². The minimum Gasteiger partial charge on any atom is -0.386 e. The highest BCUT2D eigenvalue weighted by Gasteiger charge is 2.53. The molecular formula is C16H21NO2. The van der Waals surface area contributed by atoms with Crippen LogP contribution in [0.15, 0.2) is 18.2 Å². The van der Waals surface area contributed by atoms with Crippen molar-refractivity contribution in [2.75, 3.05) is 13.1 Å². The summed E-state index contributed by atoms with van der Waals surface area (Å²) in [6.07, 6.45) is 2.69. The number of rotatable bonds is 3. The summed E-state index contributed by atoms with van der Waals surface area (Å²) in [6, 6.07) is 6.17. The van der Waals surface area contributed by atoms with Gasteiger partial charge < -0.3 is 10.0 Å². The molecule has 2 aliphatic rings. The van der Waals surface area contributed by atoms with Gasteiger partial charge in [0.05, 0.1) is 19.5 Å². The number of amides is 1. The Bertz CT molecular complexity index is 513. The minimum atomic E-state index is -0.571. The molecule has 3 rings (SSSR count). The molecule has 1 aromatic rings. The number of carbonyl (C=O) groups excluding carboxylic acids is 1. The summed E-state index contributed by atoms with van der Waals surface area (Å²) in [5, 5.41) is 10.2. The molecule has 1 amide bonds. The first-order chi connectivity index (χ1) is 8.98. The van der Waals surface area contributed by atoms with E-state index in [9.17, 15) is 9.90 Å². The molecule has 1 heterocycles. The molecule has 1 aliphatic heterocycles. The van der Waals surface area contributed by atoms with Crippen LogP contribution in [0.2, 0.25) is 0 Å². The Kier molecular flexibility index (Phi) is 2.90. The van der Waals surface area contributed by atoms with E-state index in [1.807, 2.05) is 6.07 Å². The van der Waals surface area contributed by atoms with Crippen LogP contribution in [0.4, 0.5) is 0 Å². The van der Waals surface area contributed by atoms with Crippen molar-refractivity contribution in [1.82, 2.24) is 4.90 Å². The molecule has 1 saturated carbocycles. The van der Waals surface area contributed by atoms with Crippen LogP contribution in [0.3, 0.4) is 0 Å². The number of hydrogen-bond acceptors (Lipinski definition) is 2. The van der Waals surface area contributed by atoms with Crippen LogP contribution >= 0.6 is 0 Å². The van der Waals surface area contributed by atoms with Gasteiger partial charge in [-0.1, -0.05) is 18.2 Å². The van der Waals surface area contributed by atoms with Crippen LogP contribution in [0.5, 0.6) is 0 Å². The van der Waals surface area contributed by atoms with E-state index in [1.165, 1.54) is 11.1 Å². The fourth-order valence-corrected chi connectivity index (χ4v) is 2.87. The monoisotopic (exact) mass is 259 g/mol. The van der Waals surface area contributed by atoms with E-state index < -0.39 is 5.60 Å². The van der Waals surface area contributed by atoms with Crippen molar-refractivity contribution in [3.8, 4) is 0 Å². The van der Waals surface area contributed by atoms with Gasteiger partial charge in [-0.3, -0.25) is 4.79 Å². The first kappa shape index (κ1) is 12.7. The molecule has 1 aromatic carbocycles. The summed E-state index contributed by atoms with van der Waals surface area (Å²) >= 11 is 0. The molecule has 0 spiro atoms. The third kappa shape index (κ3) is 2.39. The summed E-state index contributed by atoms with van der Waals surface area (Å²) in [4.78, 5) is 13.9. The zero-order valence-corrected chi connectivity index (χ0v) is 11.6. The highest BCUT2D eigenvalue weighted by atomic mass is 16.3. The van der Waals surface area contributed by atoms with E-state index in [0.29, 0.717) is 25.4 Å². The molecule has 0 radical (unpaired) electrons. The van der Waals surface area contributed by atoms with Crippen molar-refractivity contribution in [2.24, 2.45) is 5.92 Å². The quantitative estimate of drug-likeness (QED) is 0.899. The van der Waals surface area contributed by atoms with Gasteiger partial charge in [0, 0.05) is 0 Å². The average molecular weight is 259 g/mol. The zero-order chi connectivity index (χ0) is 13.6. The normalized spacial score (nSPS) is 21.1. The Morgan fingerprint density at radius 1 is 1.32 bits per heavy atom. The molecule has 0 aromatic heterocycles. The molecule has 0 unspecified atom stereocenters. The van der Waals surface area contributed by atoms with E-state index in [-0.39, 0.29) is 5.91 Å². The molecular weight excluding hydrogens is 238 g/mol. The van der Waals surface area contributed by atoms with Gasteiger partial charge in [0.25, 0.3) is 0 Å². The van der Waals surface area contributed by atoms with Crippen molar-refractivity contribution in [3.63, 3.8) is 0 Å². The number of carbonyl (C=O) groups is 1. The van der Waals surface area contributed by atoms with Gasteiger partial charge in [0.1, 0.15) is 5.60 Å². The second-order valence-corrected chi connectivity index (χ2v) is 6.22. The van der Waals surface area contributed by atoms with Crippen molar-refractivity contribution in [2.45, 2.75) is 38.7 Å². The molecule has 2 fully saturated rings. The lowest BCUT2D eigenvalue weighted by Gasteiger charge is -2.47. The third-order valence-corrected chi connectivity index (χ3v) is 4.55. The number of likely N-dealkylation sites (tertiary alicyclic amines) is 1. The lowest BCUT2D eigenvalue weighted by molar-refractivity contribution is -0.158. The van der Waals surface area contributed by atoms with E-state index >= 15 is 0 Å². The smallest absolute Gasteiger partial charge is 0.227 e. The maximum atomic E-state index is 12.1. The lowest BCUT2D eigenvalue weighted by atomic mass is 9.88. The second-order valence-electron chi connectivity index (χ2n) is 6.22. The molecule has 3 heteroatoms.